The molecule has 1 aromatic rings. The third kappa shape index (κ3) is 3.93. The van der Waals surface area contributed by atoms with Crippen molar-refractivity contribution in [1.29, 1.82) is 0 Å². The number of carbonyl (C=O) groups is 1. The molecule has 0 spiro atoms. The lowest BCUT2D eigenvalue weighted by Crippen LogP contribution is -2.52. The zero-order chi connectivity index (χ0) is 14.4. The molecule has 2 rings (SSSR count). The summed E-state index contributed by atoms with van der Waals surface area (Å²) in [6, 6.07) is 2.49. The fourth-order valence-corrected chi connectivity index (χ4v) is 3.16. The number of piperazine rings is 1. The SMILES string of the molecule is C[C@@H](c1ccsc1)N1CCN(C(=O)NCCCF)CC1. The van der Waals surface area contributed by atoms with Crippen molar-refractivity contribution in [2.45, 2.75) is 19.4 Å². The number of halogens is 1. The van der Waals surface area contributed by atoms with Gasteiger partial charge < -0.3 is 10.2 Å². The van der Waals surface area contributed by atoms with Crippen LogP contribution in [0.3, 0.4) is 0 Å². The van der Waals surface area contributed by atoms with Crippen molar-refractivity contribution in [3.8, 4) is 0 Å². The highest BCUT2D eigenvalue weighted by Crippen LogP contribution is 2.23. The first-order chi connectivity index (χ1) is 9.72. The van der Waals surface area contributed by atoms with Crippen molar-refractivity contribution in [1.82, 2.24) is 15.1 Å². The summed E-state index contributed by atoms with van der Waals surface area (Å²) < 4.78 is 12.0. The van der Waals surface area contributed by atoms with Crippen molar-refractivity contribution in [3.63, 3.8) is 0 Å². The smallest absolute Gasteiger partial charge is 0.317 e. The molecule has 2 amide bonds. The zero-order valence-corrected chi connectivity index (χ0v) is 12.7. The molecule has 0 saturated carbocycles. The highest BCUT2D eigenvalue weighted by atomic mass is 32.1. The van der Waals surface area contributed by atoms with Gasteiger partial charge in [0, 0.05) is 38.8 Å². The van der Waals surface area contributed by atoms with Crippen LogP contribution >= 0.6 is 11.3 Å². The maximum absolute atomic E-state index is 12.0. The zero-order valence-electron chi connectivity index (χ0n) is 11.8. The molecule has 1 saturated heterocycles. The van der Waals surface area contributed by atoms with E-state index in [2.05, 4.69) is 34.0 Å². The number of carbonyl (C=O) groups excluding carboxylic acids is 1. The summed E-state index contributed by atoms with van der Waals surface area (Å²) in [7, 11) is 0. The van der Waals surface area contributed by atoms with Gasteiger partial charge in [-0.25, -0.2) is 4.79 Å². The van der Waals surface area contributed by atoms with Crippen LogP contribution in [0.15, 0.2) is 16.8 Å². The van der Waals surface area contributed by atoms with Gasteiger partial charge in [-0.3, -0.25) is 9.29 Å². The lowest BCUT2D eigenvalue weighted by Gasteiger charge is -2.37. The van der Waals surface area contributed by atoms with Crippen LogP contribution < -0.4 is 5.32 Å². The van der Waals surface area contributed by atoms with E-state index in [1.807, 2.05) is 4.90 Å². The monoisotopic (exact) mass is 299 g/mol. The predicted octanol–water partition coefficient (Wildman–Crippen LogP) is 2.50. The average Bonchev–Trinajstić information content (AvgIpc) is 3.01. The van der Waals surface area contributed by atoms with Gasteiger partial charge in [0.2, 0.25) is 0 Å². The summed E-state index contributed by atoms with van der Waals surface area (Å²) in [6.07, 6.45) is 0.390. The molecule has 1 aliphatic rings. The molecule has 1 aliphatic heterocycles. The Balaban J connectivity index is 1.76. The first-order valence-electron chi connectivity index (χ1n) is 7.07. The van der Waals surface area contributed by atoms with Crippen LogP contribution in [0.2, 0.25) is 0 Å². The normalized spacial score (nSPS) is 18.0. The average molecular weight is 299 g/mol. The van der Waals surface area contributed by atoms with Gasteiger partial charge in [0.1, 0.15) is 0 Å². The van der Waals surface area contributed by atoms with E-state index < -0.39 is 0 Å². The van der Waals surface area contributed by atoms with Gasteiger partial charge in [-0.05, 0) is 35.7 Å². The molecule has 0 aliphatic carbocycles. The Labute approximate surface area is 123 Å². The van der Waals surface area contributed by atoms with Gasteiger partial charge in [-0.1, -0.05) is 0 Å². The Bertz CT molecular complexity index is 405. The highest BCUT2D eigenvalue weighted by Gasteiger charge is 2.24. The van der Waals surface area contributed by atoms with Gasteiger partial charge in [-0.15, -0.1) is 0 Å². The van der Waals surface area contributed by atoms with Crippen LogP contribution in [0.4, 0.5) is 9.18 Å². The number of urea groups is 1. The minimum Gasteiger partial charge on any atom is -0.338 e. The van der Waals surface area contributed by atoms with Crippen molar-refractivity contribution in [3.05, 3.63) is 22.4 Å². The molecule has 4 nitrogen and oxygen atoms in total. The molecule has 1 atom stereocenters. The number of nitrogens with zero attached hydrogens (tertiary/aromatic N) is 2. The quantitative estimate of drug-likeness (QED) is 0.848. The Morgan fingerprint density at radius 2 is 2.20 bits per heavy atom. The molecule has 2 heterocycles. The fraction of sp³-hybridized carbons (Fsp3) is 0.643. The first-order valence-corrected chi connectivity index (χ1v) is 8.01. The summed E-state index contributed by atoms with van der Waals surface area (Å²) in [6.45, 7) is 5.47. The molecule has 0 aromatic carbocycles. The number of amides is 2. The second-order valence-corrected chi connectivity index (χ2v) is 5.81. The van der Waals surface area contributed by atoms with Crippen molar-refractivity contribution < 1.29 is 9.18 Å². The largest absolute Gasteiger partial charge is 0.338 e. The Kier molecular flexibility index (Phi) is 5.79. The lowest BCUT2D eigenvalue weighted by molar-refractivity contribution is 0.114. The molecular weight excluding hydrogens is 277 g/mol. The van der Waals surface area contributed by atoms with Gasteiger partial charge in [0.05, 0.1) is 6.67 Å². The predicted molar refractivity (Wildman–Crippen MR) is 79.9 cm³/mol. The van der Waals surface area contributed by atoms with E-state index in [9.17, 15) is 9.18 Å². The lowest BCUT2D eigenvalue weighted by atomic mass is 10.1. The van der Waals surface area contributed by atoms with E-state index in [0.717, 1.165) is 26.2 Å². The molecule has 1 fully saturated rings. The molecule has 1 N–H and O–H groups in total. The molecule has 112 valence electrons. The van der Waals surface area contributed by atoms with E-state index >= 15 is 0 Å². The van der Waals surface area contributed by atoms with Crippen LogP contribution in [0.5, 0.6) is 0 Å². The Morgan fingerprint density at radius 3 is 2.80 bits per heavy atom. The third-order valence-electron chi connectivity index (χ3n) is 3.76. The number of hydrogen-bond acceptors (Lipinski definition) is 3. The standard InChI is InChI=1S/C14H22FN3OS/c1-12(13-3-10-20-11-13)17-6-8-18(9-7-17)14(19)16-5-2-4-15/h3,10-12H,2,4-9H2,1H3,(H,16,19)/t12-/m0/s1. The minimum absolute atomic E-state index is 0.0683. The van der Waals surface area contributed by atoms with E-state index in [-0.39, 0.29) is 12.7 Å². The van der Waals surface area contributed by atoms with Crippen LogP contribution in [0, 0.1) is 0 Å². The number of thiophene rings is 1. The Morgan fingerprint density at radius 1 is 1.45 bits per heavy atom. The number of hydrogen-bond donors (Lipinski definition) is 1. The fourth-order valence-electron chi connectivity index (χ4n) is 2.41. The number of rotatable bonds is 5. The summed E-state index contributed by atoms with van der Waals surface area (Å²) in [4.78, 5) is 16.1. The second kappa shape index (κ2) is 7.59. The summed E-state index contributed by atoms with van der Waals surface area (Å²) in [5.74, 6) is 0. The van der Waals surface area contributed by atoms with E-state index in [1.54, 1.807) is 11.3 Å². The Hall–Kier alpha value is -1.14. The molecular formula is C14H22FN3OS. The van der Waals surface area contributed by atoms with Crippen molar-refractivity contribution in [2.75, 3.05) is 39.4 Å². The number of nitrogens with one attached hydrogen (secondary N) is 1. The van der Waals surface area contributed by atoms with Crippen LogP contribution in [-0.4, -0.2) is 55.2 Å². The topological polar surface area (TPSA) is 35.6 Å². The highest BCUT2D eigenvalue weighted by molar-refractivity contribution is 7.07. The van der Waals surface area contributed by atoms with Gasteiger partial charge in [0.15, 0.2) is 0 Å². The van der Waals surface area contributed by atoms with Crippen LogP contribution in [-0.2, 0) is 0 Å². The number of alkyl halides is 1. The molecule has 20 heavy (non-hydrogen) atoms. The van der Waals surface area contributed by atoms with Crippen LogP contribution in [0.1, 0.15) is 24.9 Å². The van der Waals surface area contributed by atoms with E-state index in [1.165, 1.54) is 5.56 Å². The molecule has 0 unspecified atom stereocenters. The molecule has 6 heteroatoms. The van der Waals surface area contributed by atoms with E-state index in [4.69, 9.17) is 0 Å². The molecule has 0 bridgehead atoms. The minimum atomic E-state index is -0.383. The van der Waals surface area contributed by atoms with Gasteiger partial charge in [0.25, 0.3) is 0 Å². The summed E-state index contributed by atoms with van der Waals surface area (Å²) in [5, 5.41) is 7.03. The molecule has 0 radical (unpaired) electrons. The van der Waals surface area contributed by atoms with Gasteiger partial charge >= 0.3 is 6.03 Å². The van der Waals surface area contributed by atoms with Crippen molar-refractivity contribution >= 4 is 17.4 Å². The summed E-state index contributed by atoms with van der Waals surface area (Å²) >= 11 is 1.72. The van der Waals surface area contributed by atoms with E-state index in [0.29, 0.717) is 19.0 Å². The van der Waals surface area contributed by atoms with Gasteiger partial charge in [-0.2, -0.15) is 11.3 Å². The van der Waals surface area contributed by atoms with Crippen LogP contribution in [0.25, 0.3) is 0 Å². The summed E-state index contributed by atoms with van der Waals surface area (Å²) in [5.41, 5.74) is 1.34. The second-order valence-electron chi connectivity index (χ2n) is 5.03. The third-order valence-corrected chi connectivity index (χ3v) is 4.46. The molecule has 1 aromatic heterocycles. The van der Waals surface area contributed by atoms with Crippen molar-refractivity contribution in [2.24, 2.45) is 0 Å². The first kappa shape index (κ1) is 15.3. The maximum Gasteiger partial charge on any atom is 0.317 e. The maximum atomic E-state index is 12.0.